The van der Waals surface area contributed by atoms with Gasteiger partial charge in [-0.25, -0.2) is 0 Å². The lowest BCUT2D eigenvalue weighted by Gasteiger charge is -2.31. The van der Waals surface area contributed by atoms with Gasteiger partial charge in [-0.1, -0.05) is 54.1 Å². The zero-order valence-corrected chi connectivity index (χ0v) is 21.5. The van der Waals surface area contributed by atoms with Crippen LogP contribution in [-0.4, -0.2) is 50.1 Å². The third-order valence-corrected chi connectivity index (χ3v) is 5.83. The van der Waals surface area contributed by atoms with Crippen molar-refractivity contribution >= 4 is 23.4 Å². The average molecular weight is 511 g/mol. The van der Waals surface area contributed by atoms with Gasteiger partial charge in [-0.05, 0) is 30.2 Å². The molecule has 2 amide bonds. The van der Waals surface area contributed by atoms with Gasteiger partial charge in [0.05, 0.1) is 14.2 Å². The molecule has 0 spiro atoms. The number of carbonyl (C=O) groups is 2. The monoisotopic (exact) mass is 510 g/mol. The number of rotatable bonds is 12. The smallest absolute Gasteiger partial charge is 0.261 e. The minimum absolute atomic E-state index is 0.218. The molecule has 0 unspecified atom stereocenters. The molecule has 0 aliphatic rings. The number of methoxy groups -OCH3 is 2. The second-order valence-electron chi connectivity index (χ2n) is 8.09. The van der Waals surface area contributed by atoms with Crippen LogP contribution in [0.1, 0.15) is 18.1 Å². The Labute approximate surface area is 216 Å². The third-order valence-electron chi connectivity index (χ3n) is 5.58. The minimum Gasteiger partial charge on any atom is -0.496 e. The first-order valence-electron chi connectivity index (χ1n) is 11.6. The lowest BCUT2D eigenvalue weighted by molar-refractivity contribution is -0.142. The number of nitrogens with one attached hydrogen (secondary N) is 1. The fourth-order valence-electron chi connectivity index (χ4n) is 3.73. The molecule has 0 aliphatic heterocycles. The minimum atomic E-state index is -0.737. The number of ether oxygens (including phenoxy) is 3. The van der Waals surface area contributed by atoms with Crippen LogP contribution in [0.3, 0.4) is 0 Å². The Balaban J connectivity index is 1.89. The van der Waals surface area contributed by atoms with Crippen molar-refractivity contribution in [2.45, 2.75) is 25.9 Å². The number of hydrogen-bond donors (Lipinski definition) is 1. The first-order valence-corrected chi connectivity index (χ1v) is 12.0. The standard InChI is InChI=1S/C28H31ClN2O5/c1-4-30-28(33)26(14-20-8-6-5-7-9-20)31(18-21-10-12-22(29)13-11-21)27(32)19-36-25-16-23(34-2)15-24(17-25)35-3/h5-13,15-17,26H,4,14,18-19H2,1-3H3,(H,30,33)/t26-/m0/s1. The lowest BCUT2D eigenvalue weighted by atomic mass is 10.0. The molecule has 7 nitrogen and oxygen atoms in total. The SMILES string of the molecule is CCNC(=O)[C@H](Cc1ccccc1)N(Cc1ccc(Cl)cc1)C(=O)COc1cc(OC)cc(OC)c1. The van der Waals surface area contributed by atoms with E-state index in [1.807, 2.05) is 49.4 Å². The van der Waals surface area contributed by atoms with Crippen molar-refractivity contribution in [1.82, 2.24) is 10.2 Å². The largest absolute Gasteiger partial charge is 0.496 e. The molecule has 0 fully saturated rings. The van der Waals surface area contributed by atoms with Gasteiger partial charge in [-0.15, -0.1) is 0 Å². The van der Waals surface area contributed by atoms with Crippen LogP contribution in [-0.2, 0) is 22.6 Å². The Morgan fingerprint density at radius 1 is 0.889 bits per heavy atom. The van der Waals surface area contributed by atoms with Crippen LogP contribution in [0.2, 0.25) is 5.02 Å². The molecule has 0 saturated heterocycles. The van der Waals surface area contributed by atoms with Gasteiger partial charge in [-0.2, -0.15) is 0 Å². The van der Waals surface area contributed by atoms with Crippen LogP contribution in [0.15, 0.2) is 72.8 Å². The maximum absolute atomic E-state index is 13.6. The third kappa shape index (κ3) is 7.65. The summed E-state index contributed by atoms with van der Waals surface area (Å²) in [5.41, 5.74) is 1.79. The van der Waals surface area contributed by atoms with Gasteiger partial charge in [0.2, 0.25) is 5.91 Å². The zero-order valence-electron chi connectivity index (χ0n) is 20.7. The zero-order chi connectivity index (χ0) is 25.9. The van der Waals surface area contributed by atoms with Crippen LogP contribution in [0, 0.1) is 0 Å². The van der Waals surface area contributed by atoms with E-state index in [1.54, 1.807) is 35.2 Å². The number of hydrogen-bond acceptors (Lipinski definition) is 5. The van der Waals surface area contributed by atoms with Gasteiger partial charge < -0.3 is 24.4 Å². The van der Waals surface area contributed by atoms with Gasteiger partial charge >= 0.3 is 0 Å². The summed E-state index contributed by atoms with van der Waals surface area (Å²) in [7, 11) is 3.08. The summed E-state index contributed by atoms with van der Waals surface area (Å²) < 4.78 is 16.4. The molecule has 190 valence electrons. The first kappa shape index (κ1) is 26.9. The van der Waals surface area contributed by atoms with Crippen molar-refractivity contribution < 1.29 is 23.8 Å². The van der Waals surface area contributed by atoms with Crippen molar-refractivity contribution in [2.24, 2.45) is 0 Å². The summed E-state index contributed by atoms with van der Waals surface area (Å²) in [6, 6.07) is 21.1. The van der Waals surface area contributed by atoms with Crippen LogP contribution < -0.4 is 19.5 Å². The highest BCUT2D eigenvalue weighted by Crippen LogP contribution is 2.27. The Morgan fingerprint density at radius 3 is 2.08 bits per heavy atom. The topological polar surface area (TPSA) is 77.1 Å². The maximum Gasteiger partial charge on any atom is 0.261 e. The predicted octanol–water partition coefficient (Wildman–Crippen LogP) is 4.51. The Morgan fingerprint density at radius 2 is 1.50 bits per heavy atom. The lowest BCUT2D eigenvalue weighted by Crippen LogP contribution is -2.51. The molecule has 0 radical (unpaired) electrons. The van der Waals surface area contributed by atoms with Crippen molar-refractivity contribution in [2.75, 3.05) is 27.4 Å². The highest BCUT2D eigenvalue weighted by Gasteiger charge is 2.30. The molecular formula is C28H31ClN2O5. The van der Waals surface area contributed by atoms with Crippen molar-refractivity contribution in [3.05, 3.63) is 88.9 Å². The molecular weight excluding hydrogens is 480 g/mol. The number of amides is 2. The molecule has 3 aromatic rings. The molecule has 0 heterocycles. The van der Waals surface area contributed by atoms with E-state index in [-0.39, 0.29) is 25.0 Å². The second kappa shape index (κ2) is 13.4. The highest BCUT2D eigenvalue weighted by molar-refractivity contribution is 6.30. The van der Waals surface area contributed by atoms with E-state index in [4.69, 9.17) is 25.8 Å². The summed E-state index contributed by atoms with van der Waals surface area (Å²) in [6.07, 6.45) is 0.360. The quantitative estimate of drug-likeness (QED) is 0.388. The molecule has 3 aromatic carbocycles. The Hall–Kier alpha value is -3.71. The van der Waals surface area contributed by atoms with E-state index < -0.39 is 6.04 Å². The van der Waals surface area contributed by atoms with E-state index in [2.05, 4.69) is 5.32 Å². The number of likely N-dealkylation sites (N-methyl/N-ethyl adjacent to an activating group) is 1. The van der Waals surface area contributed by atoms with Crippen LogP contribution in [0.25, 0.3) is 0 Å². The van der Waals surface area contributed by atoms with Crippen molar-refractivity contribution in [3.8, 4) is 17.2 Å². The summed E-state index contributed by atoms with van der Waals surface area (Å²) in [4.78, 5) is 28.3. The molecule has 0 aliphatic carbocycles. The number of carbonyl (C=O) groups excluding carboxylic acids is 2. The van der Waals surface area contributed by atoms with E-state index in [0.717, 1.165) is 11.1 Å². The number of benzene rings is 3. The fraction of sp³-hybridized carbons (Fsp3) is 0.286. The van der Waals surface area contributed by atoms with Gasteiger partial charge in [0, 0.05) is 42.7 Å². The summed E-state index contributed by atoms with van der Waals surface area (Å²) in [6.45, 7) is 2.25. The molecule has 1 atom stereocenters. The van der Waals surface area contributed by atoms with Gasteiger partial charge in [0.15, 0.2) is 6.61 Å². The van der Waals surface area contributed by atoms with E-state index in [9.17, 15) is 9.59 Å². The van der Waals surface area contributed by atoms with E-state index >= 15 is 0 Å². The predicted molar refractivity (Wildman–Crippen MR) is 140 cm³/mol. The number of halogens is 1. The summed E-state index contributed by atoms with van der Waals surface area (Å²) in [5, 5.41) is 3.47. The van der Waals surface area contributed by atoms with Crippen LogP contribution >= 0.6 is 11.6 Å². The normalized spacial score (nSPS) is 11.3. The van der Waals surface area contributed by atoms with Gasteiger partial charge in [0.25, 0.3) is 5.91 Å². The molecule has 8 heteroatoms. The Kier molecular flexibility index (Phi) is 10.0. The van der Waals surface area contributed by atoms with Crippen molar-refractivity contribution in [3.63, 3.8) is 0 Å². The van der Waals surface area contributed by atoms with Crippen LogP contribution in [0.4, 0.5) is 0 Å². The van der Waals surface area contributed by atoms with E-state index in [1.165, 1.54) is 14.2 Å². The summed E-state index contributed by atoms with van der Waals surface area (Å²) in [5.74, 6) is 0.937. The molecule has 1 N–H and O–H groups in total. The number of nitrogens with zero attached hydrogens (tertiary/aromatic N) is 1. The van der Waals surface area contributed by atoms with E-state index in [0.29, 0.717) is 35.2 Å². The highest BCUT2D eigenvalue weighted by atomic mass is 35.5. The molecule has 0 saturated carbocycles. The molecule has 36 heavy (non-hydrogen) atoms. The van der Waals surface area contributed by atoms with Gasteiger partial charge in [0.1, 0.15) is 23.3 Å². The Bertz CT molecular complexity index is 1120. The molecule has 0 aromatic heterocycles. The fourth-order valence-corrected chi connectivity index (χ4v) is 3.85. The van der Waals surface area contributed by atoms with Crippen molar-refractivity contribution in [1.29, 1.82) is 0 Å². The molecule has 0 bridgehead atoms. The summed E-state index contributed by atoms with van der Waals surface area (Å²) >= 11 is 6.05. The molecule has 3 rings (SSSR count). The van der Waals surface area contributed by atoms with Gasteiger partial charge in [-0.3, -0.25) is 9.59 Å². The average Bonchev–Trinajstić information content (AvgIpc) is 2.90. The van der Waals surface area contributed by atoms with Crippen LogP contribution in [0.5, 0.6) is 17.2 Å². The second-order valence-corrected chi connectivity index (χ2v) is 8.52. The first-order chi connectivity index (χ1) is 17.4. The maximum atomic E-state index is 13.6.